The lowest BCUT2D eigenvalue weighted by Crippen LogP contribution is -2.36. The second kappa shape index (κ2) is 8.34. The van der Waals surface area contributed by atoms with Crippen LogP contribution in [0.25, 0.3) is 11.0 Å². The highest BCUT2D eigenvalue weighted by atomic mass is 19.4. The van der Waals surface area contributed by atoms with Crippen LogP contribution < -0.4 is 10.6 Å². The molecular formula is C20H19F3N4O2. The molecule has 3 rings (SSSR count). The van der Waals surface area contributed by atoms with Crippen molar-refractivity contribution < 1.29 is 22.8 Å². The zero-order chi connectivity index (χ0) is 21.0. The highest BCUT2D eigenvalue weighted by Gasteiger charge is 2.28. The minimum absolute atomic E-state index is 0.321. The van der Waals surface area contributed by atoms with Crippen LogP contribution in [0.2, 0.25) is 0 Å². The minimum atomic E-state index is -4.49. The molecule has 1 atom stereocenters. The van der Waals surface area contributed by atoms with Crippen molar-refractivity contribution in [1.82, 2.24) is 20.2 Å². The van der Waals surface area contributed by atoms with Crippen molar-refractivity contribution in [1.29, 1.82) is 0 Å². The van der Waals surface area contributed by atoms with E-state index < -0.39 is 24.7 Å². The van der Waals surface area contributed by atoms with Gasteiger partial charge in [0, 0.05) is 5.56 Å². The van der Waals surface area contributed by atoms with Crippen molar-refractivity contribution in [2.75, 3.05) is 6.54 Å². The molecule has 1 heterocycles. The number of halogens is 3. The summed E-state index contributed by atoms with van der Waals surface area (Å²) < 4.78 is 38.6. The molecule has 0 fully saturated rings. The van der Waals surface area contributed by atoms with Gasteiger partial charge in [-0.25, -0.2) is 4.98 Å². The molecule has 1 aromatic heterocycles. The molecule has 0 aliphatic carbocycles. The molecule has 0 saturated carbocycles. The molecule has 29 heavy (non-hydrogen) atoms. The van der Waals surface area contributed by atoms with Gasteiger partial charge in [0.25, 0.3) is 5.91 Å². The van der Waals surface area contributed by atoms with Gasteiger partial charge in [-0.2, -0.15) is 13.2 Å². The van der Waals surface area contributed by atoms with Crippen LogP contribution in [0.1, 0.15) is 29.1 Å². The number of hydrogen-bond donors (Lipinski definition) is 2. The van der Waals surface area contributed by atoms with E-state index in [1.807, 2.05) is 5.32 Å². The van der Waals surface area contributed by atoms with Gasteiger partial charge in [0.15, 0.2) is 0 Å². The van der Waals surface area contributed by atoms with Crippen LogP contribution in [0.3, 0.4) is 0 Å². The number of imidazole rings is 1. The van der Waals surface area contributed by atoms with Crippen molar-refractivity contribution in [2.24, 2.45) is 0 Å². The molecule has 0 spiro atoms. The summed E-state index contributed by atoms with van der Waals surface area (Å²) in [6, 6.07) is 15.0. The molecule has 152 valence electrons. The Hall–Kier alpha value is -3.36. The molecule has 2 amide bonds. The average molecular weight is 404 g/mol. The lowest BCUT2D eigenvalue weighted by molar-refractivity contribution is -0.138. The normalized spacial score (nSPS) is 12.6. The number of para-hydroxylation sites is 2. The summed E-state index contributed by atoms with van der Waals surface area (Å²) >= 11 is 0. The third kappa shape index (κ3) is 5.13. The van der Waals surface area contributed by atoms with Crippen LogP contribution in [0.4, 0.5) is 13.2 Å². The Balaban J connectivity index is 1.84. The number of nitrogens with one attached hydrogen (secondary N) is 2. The summed E-state index contributed by atoms with van der Waals surface area (Å²) in [5.74, 6) is -0.746. The lowest BCUT2D eigenvalue weighted by atomic mass is 10.2. The zero-order valence-electron chi connectivity index (χ0n) is 15.5. The second-order valence-corrected chi connectivity index (χ2v) is 6.50. The maximum Gasteiger partial charge on any atom is 0.405 e. The van der Waals surface area contributed by atoms with E-state index in [1.54, 1.807) is 61.5 Å². The lowest BCUT2D eigenvalue weighted by Gasteiger charge is -2.16. The van der Waals surface area contributed by atoms with Crippen molar-refractivity contribution >= 4 is 22.8 Å². The van der Waals surface area contributed by atoms with E-state index in [1.165, 1.54) is 4.57 Å². The van der Waals surface area contributed by atoms with Crippen LogP contribution in [0.5, 0.6) is 0 Å². The molecule has 0 saturated heterocycles. The third-order valence-corrected chi connectivity index (χ3v) is 4.24. The number of hydrogen-bond acceptors (Lipinski definition) is 3. The molecule has 1 unspecified atom stereocenters. The van der Waals surface area contributed by atoms with E-state index in [4.69, 9.17) is 0 Å². The molecule has 0 radical (unpaired) electrons. The van der Waals surface area contributed by atoms with Crippen LogP contribution >= 0.6 is 0 Å². The number of fused-ring (bicyclic) bond motifs is 1. The molecule has 9 heteroatoms. The Labute approximate surface area is 164 Å². The number of carbonyl (C=O) groups is 2. The van der Waals surface area contributed by atoms with Gasteiger partial charge in [-0.1, -0.05) is 30.3 Å². The van der Waals surface area contributed by atoms with E-state index in [2.05, 4.69) is 10.3 Å². The first-order chi connectivity index (χ1) is 13.7. The van der Waals surface area contributed by atoms with Gasteiger partial charge in [0.05, 0.1) is 17.1 Å². The van der Waals surface area contributed by atoms with Crippen molar-refractivity contribution in [3.63, 3.8) is 0 Å². The van der Waals surface area contributed by atoms with E-state index in [0.29, 0.717) is 22.4 Å². The van der Waals surface area contributed by atoms with Crippen LogP contribution in [0.15, 0.2) is 54.6 Å². The number of alkyl halides is 3. The van der Waals surface area contributed by atoms with Crippen molar-refractivity contribution in [3.8, 4) is 0 Å². The van der Waals surface area contributed by atoms with Crippen LogP contribution in [0, 0.1) is 0 Å². The predicted molar refractivity (Wildman–Crippen MR) is 101 cm³/mol. The summed E-state index contributed by atoms with van der Waals surface area (Å²) in [6.45, 7) is -0.0578. The molecule has 2 N–H and O–H groups in total. The standard InChI is InChI=1S/C20H19F3N4O2/c1-13(25-19(29)14-7-3-2-4-8-14)18-26-15-9-5-6-10-16(15)27(18)11-17(28)24-12-20(21,22)23/h2-10,13H,11-12H2,1H3,(H,24,28)(H,25,29). The molecule has 0 bridgehead atoms. The first kappa shape index (κ1) is 20.4. The van der Waals surface area contributed by atoms with E-state index in [-0.39, 0.29) is 12.5 Å². The van der Waals surface area contributed by atoms with Gasteiger partial charge in [-0.05, 0) is 31.2 Å². The summed E-state index contributed by atoms with van der Waals surface area (Å²) in [5.41, 5.74) is 1.63. The first-order valence-corrected chi connectivity index (χ1v) is 8.89. The summed E-state index contributed by atoms with van der Waals surface area (Å²) in [7, 11) is 0. The number of rotatable bonds is 6. The number of nitrogens with zero attached hydrogens (tertiary/aromatic N) is 2. The SMILES string of the molecule is CC(NC(=O)c1ccccc1)c1nc2ccccc2n1CC(=O)NCC(F)(F)F. The summed E-state index contributed by atoms with van der Waals surface area (Å²) in [5, 5.41) is 4.67. The molecule has 0 aliphatic heterocycles. The Bertz CT molecular complexity index is 1020. The predicted octanol–water partition coefficient (Wildman–Crippen LogP) is 3.21. The molecule has 3 aromatic rings. The second-order valence-electron chi connectivity index (χ2n) is 6.50. The Morgan fingerprint density at radius 3 is 2.41 bits per heavy atom. The van der Waals surface area contributed by atoms with E-state index in [0.717, 1.165) is 0 Å². The van der Waals surface area contributed by atoms with Crippen molar-refractivity contribution in [3.05, 3.63) is 66.0 Å². The van der Waals surface area contributed by atoms with Gasteiger partial charge in [0.2, 0.25) is 5.91 Å². The Morgan fingerprint density at radius 2 is 1.72 bits per heavy atom. The Morgan fingerprint density at radius 1 is 1.07 bits per heavy atom. The number of carbonyl (C=O) groups excluding carboxylic acids is 2. The maximum absolute atomic E-state index is 12.4. The average Bonchev–Trinajstić information content (AvgIpc) is 3.05. The van der Waals surface area contributed by atoms with Gasteiger partial charge in [-0.15, -0.1) is 0 Å². The fourth-order valence-electron chi connectivity index (χ4n) is 2.92. The Kier molecular flexibility index (Phi) is 5.86. The number of benzene rings is 2. The monoisotopic (exact) mass is 404 g/mol. The minimum Gasteiger partial charge on any atom is -0.345 e. The first-order valence-electron chi connectivity index (χ1n) is 8.89. The fraction of sp³-hybridized carbons (Fsp3) is 0.250. The van der Waals surface area contributed by atoms with Crippen molar-refractivity contribution in [2.45, 2.75) is 25.7 Å². The highest BCUT2D eigenvalue weighted by molar-refractivity contribution is 5.94. The van der Waals surface area contributed by atoms with Crippen LogP contribution in [-0.2, 0) is 11.3 Å². The molecule has 6 nitrogen and oxygen atoms in total. The van der Waals surface area contributed by atoms with Gasteiger partial charge >= 0.3 is 6.18 Å². The van der Waals surface area contributed by atoms with Gasteiger partial charge in [-0.3, -0.25) is 9.59 Å². The van der Waals surface area contributed by atoms with Gasteiger partial charge in [0.1, 0.15) is 18.9 Å². The zero-order valence-corrected chi connectivity index (χ0v) is 15.5. The smallest absolute Gasteiger partial charge is 0.345 e. The van der Waals surface area contributed by atoms with Crippen LogP contribution in [-0.4, -0.2) is 34.1 Å². The summed E-state index contributed by atoms with van der Waals surface area (Å²) in [6.07, 6.45) is -4.49. The molecular weight excluding hydrogens is 385 g/mol. The largest absolute Gasteiger partial charge is 0.405 e. The highest BCUT2D eigenvalue weighted by Crippen LogP contribution is 2.21. The van der Waals surface area contributed by atoms with E-state index >= 15 is 0 Å². The maximum atomic E-state index is 12.4. The van der Waals surface area contributed by atoms with E-state index in [9.17, 15) is 22.8 Å². The third-order valence-electron chi connectivity index (χ3n) is 4.24. The number of aromatic nitrogens is 2. The topological polar surface area (TPSA) is 76.0 Å². The fourth-order valence-corrected chi connectivity index (χ4v) is 2.92. The van der Waals surface area contributed by atoms with Gasteiger partial charge < -0.3 is 15.2 Å². The quantitative estimate of drug-likeness (QED) is 0.663. The summed E-state index contributed by atoms with van der Waals surface area (Å²) in [4.78, 5) is 29.0. The number of amides is 2. The molecule has 0 aliphatic rings. The molecule has 2 aromatic carbocycles.